The van der Waals surface area contributed by atoms with Gasteiger partial charge in [-0.25, -0.2) is 0 Å². The van der Waals surface area contributed by atoms with Crippen LogP contribution >= 0.6 is 0 Å². The van der Waals surface area contributed by atoms with Crippen LogP contribution in [0.3, 0.4) is 0 Å². The van der Waals surface area contributed by atoms with Crippen LogP contribution in [0, 0.1) is 0 Å². The van der Waals surface area contributed by atoms with Crippen LogP contribution in [0.5, 0.6) is 0 Å². The summed E-state index contributed by atoms with van der Waals surface area (Å²) in [7, 11) is 0. The maximum atomic E-state index is 10.3. The van der Waals surface area contributed by atoms with Crippen LogP contribution in [0.25, 0.3) is 0 Å². The largest absolute Gasteiger partial charge is 0.387 e. The summed E-state index contributed by atoms with van der Waals surface area (Å²) in [5.74, 6) is -5.59. The van der Waals surface area contributed by atoms with E-state index in [1.54, 1.807) is 0 Å². The Hall–Kier alpha value is -0.200. The molecule has 1 saturated carbocycles. The molecule has 1 aliphatic rings. The van der Waals surface area contributed by atoms with Crippen LogP contribution < -0.4 is 0 Å². The van der Waals surface area contributed by atoms with Crippen molar-refractivity contribution in [3.63, 3.8) is 0 Å². The number of aliphatic hydroxyl groups is 5. The molecule has 0 amide bonds. The lowest BCUT2D eigenvalue weighted by molar-refractivity contribution is -0.386. The van der Waals surface area contributed by atoms with Gasteiger partial charge in [0.05, 0.1) is 0 Å². The second kappa shape index (κ2) is 27.1. The van der Waals surface area contributed by atoms with E-state index >= 15 is 0 Å². The Kier molecular flexibility index (Phi) is 25.7. The van der Waals surface area contributed by atoms with Crippen molar-refractivity contribution in [3.05, 3.63) is 0 Å². The fourth-order valence-electron chi connectivity index (χ4n) is 6.66. The normalized spacial score (nSPS) is 26.9. The van der Waals surface area contributed by atoms with Gasteiger partial charge in [-0.2, -0.15) is 0 Å². The van der Waals surface area contributed by atoms with Crippen molar-refractivity contribution >= 4 is 0 Å². The highest BCUT2D eigenvalue weighted by Crippen LogP contribution is 2.29. The van der Waals surface area contributed by atoms with Crippen LogP contribution in [0.15, 0.2) is 0 Å². The fourth-order valence-corrected chi connectivity index (χ4v) is 6.66. The van der Waals surface area contributed by atoms with Crippen molar-refractivity contribution in [1.29, 1.82) is 0 Å². The van der Waals surface area contributed by atoms with Crippen LogP contribution in [0.2, 0.25) is 0 Å². The third-order valence-electron chi connectivity index (χ3n) is 9.81. The summed E-state index contributed by atoms with van der Waals surface area (Å²) in [6.07, 6.45) is 38.7. The molecule has 0 heterocycles. The summed E-state index contributed by atoms with van der Waals surface area (Å²) in [6.45, 7) is 0. The van der Waals surface area contributed by atoms with Gasteiger partial charge in [0.15, 0.2) is 0 Å². The fraction of sp³-hybridized carbons (Fsp3) is 1.00. The molecule has 252 valence electrons. The van der Waals surface area contributed by atoms with Crippen molar-refractivity contribution in [3.8, 4) is 0 Å². The predicted octanol–water partition coefficient (Wildman–Crippen LogP) is 9.99. The van der Waals surface area contributed by atoms with Gasteiger partial charge in [0, 0.05) is 6.42 Å². The first-order valence-corrected chi connectivity index (χ1v) is 19.0. The van der Waals surface area contributed by atoms with Gasteiger partial charge in [-0.05, 0) is 12.8 Å². The van der Waals surface area contributed by atoms with Gasteiger partial charge in [-0.1, -0.05) is 199 Å². The van der Waals surface area contributed by atoms with E-state index in [2.05, 4.69) is 0 Å². The van der Waals surface area contributed by atoms with E-state index in [0.717, 1.165) is 32.1 Å². The topological polar surface area (TPSA) is 101 Å². The minimum absolute atomic E-state index is 0.142. The first-order valence-electron chi connectivity index (χ1n) is 19.0. The van der Waals surface area contributed by atoms with Crippen molar-refractivity contribution < 1.29 is 25.5 Å². The van der Waals surface area contributed by atoms with E-state index in [9.17, 15) is 25.5 Å². The Bertz CT molecular complexity index is 564. The van der Waals surface area contributed by atoms with Crippen molar-refractivity contribution in [2.24, 2.45) is 0 Å². The van der Waals surface area contributed by atoms with Gasteiger partial charge in [-0.15, -0.1) is 0 Å². The smallest absolute Gasteiger partial charge is 0.245 e. The zero-order chi connectivity index (χ0) is 30.6. The van der Waals surface area contributed by atoms with Crippen molar-refractivity contribution in [1.82, 2.24) is 0 Å². The van der Waals surface area contributed by atoms with Gasteiger partial charge in [0.1, 0.15) is 6.10 Å². The van der Waals surface area contributed by atoms with E-state index in [-0.39, 0.29) is 12.8 Å². The Morgan fingerprint density at radius 2 is 0.476 bits per heavy atom. The van der Waals surface area contributed by atoms with Crippen molar-refractivity contribution in [2.75, 3.05) is 0 Å². The monoisotopic (exact) mass is 599 g/mol. The third kappa shape index (κ3) is 21.5. The van der Waals surface area contributed by atoms with E-state index in [1.165, 1.54) is 161 Å². The molecule has 0 spiro atoms. The average molecular weight is 599 g/mol. The number of rotatable bonds is 0. The average Bonchev–Trinajstić information content (AvgIpc) is 2.96. The van der Waals surface area contributed by atoms with Gasteiger partial charge < -0.3 is 25.5 Å². The van der Waals surface area contributed by atoms with Gasteiger partial charge in [0.25, 0.3) is 0 Å². The second-order valence-corrected chi connectivity index (χ2v) is 13.9. The molecular formula is C37H74O5. The molecule has 0 aromatic rings. The van der Waals surface area contributed by atoms with Crippen LogP contribution in [0.1, 0.15) is 218 Å². The highest BCUT2D eigenvalue weighted by atomic mass is 16.6. The van der Waals surface area contributed by atoms with E-state index in [1.807, 2.05) is 0 Å². The molecule has 1 atom stereocenters. The molecule has 1 fully saturated rings. The minimum Gasteiger partial charge on any atom is -0.387 e. The molecular weight excluding hydrogens is 524 g/mol. The number of hydrogen-bond donors (Lipinski definition) is 5. The SMILES string of the molecule is OC1CCCCCCCCCCCCCCCCCCCCCCCCCCCCCCCCCCC(O)(O)C1(O)O. The van der Waals surface area contributed by atoms with Crippen LogP contribution in [0.4, 0.5) is 0 Å². The lowest BCUT2D eigenvalue weighted by Crippen LogP contribution is -2.61. The Labute approximate surface area is 261 Å². The molecule has 5 nitrogen and oxygen atoms in total. The Balaban J connectivity index is 2.27. The molecule has 42 heavy (non-hydrogen) atoms. The van der Waals surface area contributed by atoms with Gasteiger partial charge >= 0.3 is 0 Å². The molecule has 0 saturated heterocycles. The molecule has 0 aromatic carbocycles. The summed E-state index contributed by atoms with van der Waals surface area (Å²) in [5, 5.41) is 51.7. The van der Waals surface area contributed by atoms with Crippen LogP contribution in [-0.2, 0) is 0 Å². The molecule has 5 N–H and O–H groups in total. The lowest BCUT2D eigenvalue weighted by Gasteiger charge is -2.38. The maximum absolute atomic E-state index is 10.3. The van der Waals surface area contributed by atoms with E-state index in [4.69, 9.17) is 0 Å². The molecule has 1 aliphatic carbocycles. The van der Waals surface area contributed by atoms with Crippen LogP contribution in [-0.4, -0.2) is 43.2 Å². The molecule has 0 aromatic heterocycles. The molecule has 1 rings (SSSR count). The molecule has 0 radical (unpaired) electrons. The van der Waals surface area contributed by atoms with Gasteiger partial charge in [-0.3, -0.25) is 0 Å². The second-order valence-electron chi connectivity index (χ2n) is 13.9. The summed E-state index contributed by atoms with van der Waals surface area (Å²) in [6, 6.07) is 0. The lowest BCUT2D eigenvalue weighted by atomic mass is 9.91. The predicted molar refractivity (Wildman–Crippen MR) is 177 cm³/mol. The summed E-state index contributed by atoms with van der Waals surface area (Å²) >= 11 is 0. The maximum Gasteiger partial charge on any atom is 0.245 e. The first-order chi connectivity index (χ1) is 20.4. The van der Waals surface area contributed by atoms with E-state index in [0.29, 0.717) is 12.8 Å². The highest BCUT2D eigenvalue weighted by molar-refractivity contribution is 4.88. The molecule has 1 unspecified atom stereocenters. The van der Waals surface area contributed by atoms with E-state index < -0.39 is 17.7 Å². The standard InChI is InChI=1S/C37H74O5/c38-35-33-31-29-27-25-23-21-19-17-15-13-11-9-7-5-3-1-2-4-6-8-10-12-14-16-18-20-22-24-26-28-30-32-34-36(39,40)37(35,41)42/h35,38-42H,1-34H2. The number of hydrogen-bond acceptors (Lipinski definition) is 5. The molecule has 0 aliphatic heterocycles. The third-order valence-corrected chi connectivity index (χ3v) is 9.81. The first kappa shape index (κ1) is 39.8. The minimum atomic E-state index is -2.90. The molecule has 0 bridgehead atoms. The van der Waals surface area contributed by atoms with Crippen molar-refractivity contribution in [2.45, 2.75) is 236 Å². The summed E-state index contributed by atoms with van der Waals surface area (Å²) in [5.41, 5.74) is 0. The number of aliphatic hydroxyl groups excluding tert-OH is 1. The highest BCUT2D eigenvalue weighted by Gasteiger charge is 2.51. The summed E-state index contributed by atoms with van der Waals surface area (Å²) in [4.78, 5) is 0. The molecule has 5 heteroatoms. The zero-order valence-electron chi connectivity index (χ0n) is 27.9. The zero-order valence-corrected chi connectivity index (χ0v) is 27.9. The Morgan fingerprint density at radius 3 is 0.714 bits per heavy atom. The Morgan fingerprint density at radius 1 is 0.286 bits per heavy atom. The van der Waals surface area contributed by atoms with Gasteiger partial charge in [0.2, 0.25) is 11.6 Å². The quantitative estimate of drug-likeness (QED) is 0.179. The summed E-state index contributed by atoms with van der Waals surface area (Å²) < 4.78 is 0.